The number of benzene rings is 2. The third kappa shape index (κ3) is 2.25. The molecule has 102 valence electrons. The molecule has 2 aromatic carbocycles. The van der Waals surface area contributed by atoms with Gasteiger partial charge in [0.1, 0.15) is 5.82 Å². The number of hydrogen-bond acceptors (Lipinski definition) is 2. The van der Waals surface area contributed by atoms with E-state index in [1.165, 1.54) is 0 Å². The molecule has 3 aromatic rings. The summed E-state index contributed by atoms with van der Waals surface area (Å²) in [7, 11) is 0. The van der Waals surface area contributed by atoms with Crippen LogP contribution in [-0.2, 0) is 13.0 Å². The van der Waals surface area contributed by atoms with Crippen LogP contribution in [0.25, 0.3) is 11.0 Å². The molecule has 0 aliphatic rings. The number of nitrogen functional groups attached to an aromatic ring is 1. The number of aryl methyl sites for hydroxylation is 1. The van der Waals surface area contributed by atoms with Gasteiger partial charge >= 0.3 is 0 Å². The van der Waals surface area contributed by atoms with Crippen LogP contribution in [0.4, 0.5) is 5.69 Å². The smallest absolute Gasteiger partial charge is 0.109 e. The lowest BCUT2D eigenvalue weighted by molar-refractivity contribution is 0.754. The van der Waals surface area contributed by atoms with Crippen LogP contribution in [0.5, 0.6) is 0 Å². The number of para-hydroxylation sites is 2. The summed E-state index contributed by atoms with van der Waals surface area (Å²) in [6, 6.07) is 13.7. The molecule has 0 unspecified atom stereocenters. The summed E-state index contributed by atoms with van der Waals surface area (Å²) in [4.78, 5) is 4.67. The second kappa shape index (κ2) is 5.17. The largest absolute Gasteiger partial charge is 0.398 e. The first-order valence-corrected chi connectivity index (χ1v) is 7.05. The molecule has 0 aliphatic carbocycles. The Morgan fingerprint density at radius 2 is 2.00 bits per heavy atom. The van der Waals surface area contributed by atoms with Gasteiger partial charge in [0.05, 0.1) is 17.6 Å². The van der Waals surface area contributed by atoms with Crippen molar-refractivity contribution in [3.05, 3.63) is 58.9 Å². The molecular formula is C16H16ClN3. The van der Waals surface area contributed by atoms with E-state index in [-0.39, 0.29) is 0 Å². The molecule has 0 spiro atoms. The van der Waals surface area contributed by atoms with E-state index >= 15 is 0 Å². The second-order valence-corrected chi connectivity index (χ2v) is 5.24. The third-order valence-corrected chi connectivity index (χ3v) is 3.72. The van der Waals surface area contributed by atoms with Crippen LogP contribution in [-0.4, -0.2) is 9.55 Å². The third-order valence-electron chi connectivity index (χ3n) is 3.48. The van der Waals surface area contributed by atoms with Crippen molar-refractivity contribution in [2.24, 2.45) is 0 Å². The van der Waals surface area contributed by atoms with Gasteiger partial charge < -0.3 is 10.3 Å². The van der Waals surface area contributed by atoms with Crippen LogP contribution in [0.15, 0.2) is 42.5 Å². The molecule has 4 heteroatoms. The molecular weight excluding hydrogens is 270 g/mol. The predicted octanol–water partition coefficient (Wildman–Crippen LogP) is 3.88. The summed E-state index contributed by atoms with van der Waals surface area (Å²) in [5.41, 5.74) is 9.98. The monoisotopic (exact) mass is 285 g/mol. The number of fused-ring (bicyclic) bond motifs is 1. The Labute approximate surface area is 123 Å². The minimum absolute atomic E-state index is 0.691. The normalized spacial score (nSPS) is 11.1. The fourth-order valence-corrected chi connectivity index (χ4v) is 2.65. The van der Waals surface area contributed by atoms with Crippen molar-refractivity contribution in [2.45, 2.75) is 19.9 Å². The highest BCUT2D eigenvalue weighted by atomic mass is 35.5. The Bertz CT molecular complexity index is 762. The van der Waals surface area contributed by atoms with E-state index < -0.39 is 0 Å². The molecule has 0 bridgehead atoms. The van der Waals surface area contributed by atoms with Gasteiger partial charge in [-0.25, -0.2) is 4.98 Å². The highest BCUT2D eigenvalue weighted by Gasteiger charge is 2.10. The summed E-state index contributed by atoms with van der Waals surface area (Å²) >= 11 is 6.07. The summed E-state index contributed by atoms with van der Waals surface area (Å²) < 4.78 is 2.21. The second-order valence-electron chi connectivity index (χ2n) is 4.80. The number of rotatable bonds is 3. The van der Waals surface area contributed by atoms with E-state index in [2.05, 4.69) is 22.5 Å². The zero-order chi connectivity index (χ0) is 14.1. The Balaban J connectivity index is 2.12. The molecule has 0 fully saturated rings. The van der Waals surface area contributed by atoms with Crippen LogP contribution in [0.1, 0.15) is 18.3 Å². The lowest BCUT2D eigenvalue weighted by atomic mass is 10.1. The van der Waals surface area contributed by atoms with Gasteiger partial charge in [0.25, 0.3) is 0 Å². The zero-order valence-corrected chi connectivity index (χ0v) is 12.1. The van der Waals surface area contributed by atoms with Crippen LogP contribution < -0.4 is 5.73 Å². The first-order valence-electron chi connectivity index (χ1n) is 6.67. The van der Waals surface area contributed by atoms with E-state index in [1.54, 1.807) is 0 Å². The predicted molar refractivity (Wildman–Crippen MR) is 84.1 cm³/mol. The van der Waals surface area contributed by atoms with Gasteiger partial charge in [-0.15, -0.1) is 0 Å². The van der Waals surface area contributed by atoms with E-state index in [0.717, 1.165) is 34.5 Å². The molecule has 0 amide bonds. The van der Waals surface area contributed by atoms with Crippen molar-refractivity contribution in [3.8, 4) is 0 Å². The van der Waals surface area contributed by atoms with Crippen molar-refractivity contribution in [2.75, 3.05) is 5.73 Å². The maximum Gasteiger partial charge on any atom is 0.109 e. The average molecular weight is 286 g/mol. The number of nitrogens with two attached hydrogens (primary N) is 1. The van der Waals surface area contributed by atoms with Crippen molar-refractivity contribution >= 4 is 28.3 Å². The topological polar surface area (TPSA) is 43.8 Å². The first-order chi connectivity index (χ1) is 9.69. The highest BCUT2D eigenvalue weighted by Crippen LogP contribution is 2.23. The van der Waals surface area contributed by atoms with Crippen molar-refractivity contribution in [1.82, 2.24) is 9.55 Å². The van der Waals surface area contributed by atoms with E-state index in [0.29, 0.717) is 11.6 Å². The number of imidazole rings is 1. The molecule has 20 heavy (non-hydrogen) atoms. The molecule has 0 aliphatic heterocycles. The number of hydrogen-bond donors (Lipinski definition) is 1. The van der Waals surface area contributed by atoms with Crippen molar-refractivity contribution in [1.29, 1.82) is 0 Å². The summed E-state index contributed by atoms with van der Waals surface area (Å²) in [6.07, 6.45) is 0.884. The molecule has 0 atom stereocenters. The van der Waals surface area contributed by atoms with Gasteiger partial charge in [0.2, 0.25) is 0 Å². The Kier molecular flexibility index (Phi) is 3.36. The number of nitrogens with zero attached hydrogens (tertiary/aromatic N) is 2. The minimum atomic E-state index is 0.691. The molecule has 1 heterocycles. The van der Waals surface area contributed by atoms with Crippen LogP contribution in [0.3, 0.4) is 0 Å². The summed E-state index contributed by atoms with van der Waals surface area (Å²) in [5.74, 6) is 1.06. The lowest BCUT2D eigenvalue weighted by Crippen LogP contribution is -2.06. The van der Waals surface area contributed by atoms with Gasteiger partial charge in [-0.3, -0.25) is 0 Å². The lowest BCUT2D eigenvalue weighted by Gasteiger charge is -2.11. The van der Waals surface area contributed by atoms with Crippen LogP contribution in [0, 0.1) is 0 Å². The van der Waals surface area contributed by atoms with Crippen LogP contribution >= 0.6 is 11.6 Å². The fourth-order valence-electron chi connectivity index (χ4n) is 2.45. The molecule has 2 N–H and O–H groups in total. The SMILES string of the molecule is CCc1nc2ccccc2n1Cc1cc(Cl)ccc1N. The molecule has 3 nitrogen and oxygen atoms in total. The molecule has 1 aromatic heterocycles. The zero-order valence-electron chi connectivity index (χ0n) is 11.3. The molecule has 0 saturated heterocycles. The van der Waals surface area contributed by atoms with Gasteiger partial charge in [-0.1, -0.05) is 30.7 Å². The maximum absolute atomic E-state index is 6.07. The minimum Gasteiger partial charge on any atom is -0.398 e. The summed E-state index contributed by atoms with van der Waals surface area (Å²) in [5, 5.41) is 0.705. The van der Waals surface area contributed by atoms with E-state index in [9.17, 15) is 0 Å². The maximum atomic E-state index is 6.07. The van der Waals surface area contributed by atoms with Crippen molar-refractivity contribution < 1.29 is 0 Å². The molecule has 0 radical (unpaired) electrons. The Hall–Kier alpha value is -2.00. The van der Waals surface area contributed by atoms with Crippen LogP contribution in [0.2, 0.25) is 5.02 Å². The Morgan fingerprint density at radius 3 is 2.80 bits per heavy atom. The van der Waals surface area contributed by atoms with E-state index in [1.807, 2.05) is 36.4 Å². The number of aromatic nitrogens is 2. The highest BCUT2D eigenvalue weighted by molar-refractivity contribution is 6.30. The van der Waals surface area contributed by atoms with Gasteiger partial charge in [-0.05, 0) is 35.9 Å². The van der Waals surface area contributed by atoms with Gasteiger partial charge in [0.15, 0.2) is 0 Å². The van der Waals surface area contributed by atoms with Crippen molar-refractivity contribution in [3.63, 3.8) is 0 Å². The van der Waals surface area contributed by atoms with Gasteiger partial charge in [-0.2, -0.15) is 0 Å². The quantitative estimate of drug-likeness (QED) is 0.742. The number of halogens is 1. The number of anilines is 1. The molecule has 3 rings (SSSR count). The first kappa shape index (κ1) is 13.0. The Morgan fingerprint density at radius 1 is 1.20 bits per heavy atom. The summed E-state index contributed by atoms with van der Waals surface area (Å²) in [6.45, 7) is 2.80. The standard InChI is InChI=1S/C16H16ClN3/c1-2-16-19-14-5-3-4-6-15(14)20(16)10-11-9-12(17)7-8-13(11)18/h3-9H,2,10,18H2,1H3. The molecule has 0 saturated carbocycles. The van der Waals surface area contributed by atoms with E-state index in [4.69, 9.17) is 17.3 Å². The van der Waals surface area contributed by atoms with Gasteiger partial charge in [0, 0.05) is 17.1 Å². The average Bonchev–Trinajstić information content (AvgIpc) is 2.81. The fraction of sp³-hybridized carbons (Fsp3) is 0.188.